The molecule has 1 aromatic heterocycles. The van der Waals surface area contributed by atoms with Crippen LogP contribution in [0.5, 0.6) is 0 Å². The van der Waals surface area contributed by atoms with Gasteiger partial charge in [-0.1, -0.05) is 0 Å². The molecular formula is C13H18N4O2S. The number of nitrogens with zero attached hydrogens (tertiary/aromatic N) is 2. The number of nitrogens with one attached hydrogen (secondary N) is 2. The zero-order chi connectivity index (χ0) is 14.6. The van der Waals surface area contributed by atoms with Crippen LogP contribution in [0.15, 0.2) is 36.5 Å². The van der Waals surface area contributed by atoms with Gasteiger partial charge in [0.25, 0.3) is 0 Å². The largest absolute Gasteiger partial charge is 0.379 e. The summed E-state index contributed by atoms with van der Waals surface area (Å²) >= 11 is 0. The van der Waals surface area contributed by atoms with Crippen molar-refractivity contribution in [1.82, 2.24) is 9.78 Å². The van der Waals surface area contributed by atoms with Gasteiger partial charge in [0, 0.05) is 24.6 Å². The molecule has 0 unspecified atom stereocenters. The third-order valence-corrected chi connectivity index (χ3v) is 4.24. The minimum Gasteiger partial charge on any atom is -0.379 e. The van der Waals surface area contributed by atoms with Crippen LogP contribution >= 0.6 is 0 Å². The topological polar surface area (TPSA) is 76.0 Å². The average molecular weight is 294 g/mol. The van der Waals surface area contributed by atoms with Crippen LogP contribution in [0.25, 0.3) is 0 Å². The number of anilines is 2. The second-order valence-corrected chi connectivity index (χ2v) is 6.39. The lowest BCUT2D eigenvalue weighted by Gasteiger charge is -2.09. The van der Waals surface area contributed by atoms with E-state index in [2.05, 4.69) is 15.1 Å². The Kier molecular flexibility index (Phi) is 4.29. The van der Waals surface area contributed by atoms with E-state index in [0.29, 0.717) is 12.2 Å². The van der Waals surface area contributed by atoms with Gasteiger partial charge in [-0.2, -0.15) is 5.10 Å². The molecule has 0 radical (unpaired) electrons. The van der Waals surface area contributed by atoms with E-state index in [1.54, 1.807) is 29.9 Å². The molecule has 0 saturated heterocycles. The first-order valence-corrected chi connectivity index (χ1v) is 7.97. The van der Waals surface area contributed by atoms with Crippen LogP contribution in [0, 0.1) is 0 Å². The predicted molar refractivity (Wildman–Crippen MR) is 80.1 cm³/mol. The summed E-state index contributed by atoms with van der Waals surface area (Å²) in [5.74, 6) is 0.0630. The van der Waals surface area contributed by atoms with Gasteiger partial charge < -0.3 is 5.32 Å². The van der Waals surface area contributed by atoms with Crippen molar-refractivity contribution in [3.05, 3.63) is 42.2 Å². The fourth-order valence-corrected chi connectivity index (χ4v) is 2.31. The Morgan fingerprint density at radius 2 is 1.80 bits per heavy atom. The summed E-state index contributed by atoms with van der Waals surface area (Å²) in [6.07, 6.45) is 1.75. The number of aromatic nitrogens is 2. The van der Waals surface area contributed by atoms with Gasteiger partial charge in [-0.3, -0.25) is 9.40 Å². The number of rotatable bonds is 6. The van der Waals surface area contributed by atoms with Crippen molar-refractivity contribution in [2.75, 3.05) is 15.8 Å². The normalized spacial score (nSPS) is 11.3. The van der Waals surface area contributed by atoms with E-state index >= 15 is 0 Å². The van der Waals surface area contributed by atoms with Gasteiger partial charge in [-0.25, -0.2) is 8.42 Å². The molecule has 1 heterocycles. The van der Waals surface area contributed by atoms with E-state index < -0.39 is 10.0 Å². The zero-order valence-corrected chi connectivity index (χ0v) is 12.3. The lowest BCUT2D eigenvalue weighted by molar-refractivity contribution is 0.602. The van der Waals surface area contributed by atoms with Crippen molar-refractivity contribution in [3.8, 4) is 0 Å². The van der Waals surface area contributed by atoms with E-state index in [1.807, 2.05) is 25.2 Å². The Bertz CT molecular complexity index is 662. The maximum Gasteiger partial charge on any atom is 0.232 e. The minimum absolute atomic E-state index is 0.0630. The minimum atomic E-state index is -3.22. The van der Waals surface area contributed by atoms with Crippen LogP contribution in [0.2, 0.25) is 0 Å². The molecule has 0 saturated carbocycles. The molecule has 0 amide bonds. The van der Waals surface area contributed by atoms with Crippen LogP contribution in [-0.2, 0) is 23.6 Å². The second kappa shape index (κ2) is 5.96. The lowest BCUT2D eigenvalue weighted by Crippen LogP contribution is -2.14. The Labute approximate surface area is 118 Å². The quantitative estimate of drug-likeness (QED) is 0.851. The number of hydrogen-bond donors (Lipinski definition) is 2. The maximum atomic E-state index is 11.4. The predicted octanol–water partition coefficient (Wildman–Crippen LogP) is 1.79. The maximum absolute atomic E-state index is 11.4. The van der Waals surface area contributed by atoms with Gasteiger partial charge in [0.1, 0.15) is 0 Å². The van der Waals surface area contributed by atoms with Gasteiger partial charge in [0.2, 0.25) is 10.0 Å². The molecule has 0 atom stereocenters. The molecule has 1 aromatic carbocycles. The third kappa shape index (κ3) is 3.74. The Morgan fingerprint density at radius 3 is 2.35 bits per heavy atom. The zero-order valence-electron chi connectivity index (χ0n) is 11.5. The standard InChI is InChI=1S/C13H18N4O2S/c1-3-20(18,19)16-12-6-4-11(5-7-12)14-10-13-8-9-15-17(13)2/h4-9,14,16H,3,10H2,1-2H3. The molecule has 6 nitrogen and oxygen atoms in total. The van der Waals surface area contributed by atoms with Crippen LogP contribution < -0.4 is 10.0 Å². The summed E-state index contributed by atoms with van der Waals surface area (Å²) in [7, 11) is -1.33. The molecule has 2 N–H and O–H groups in total. The molecule has 0 aliphatic heterocycles. The van der Waals surface area contributed by atoms with Gasteiger partial charge in [0.15, 0.2) is 0 Å². The van der Waals surface area contributed by atoms with Crippen LogP contribution in [0.3, 0.4) is 0 Å². The van der Waals surface area contributed by atoms with E-state index in [-0.39, 0.29) is 5.75 Å². The number of hydrogen-bond acceptors (Lipinski definition) is 4. The average Bonchev–Trinajstić information content (AvgIpc) is 2.83. The highest BCUT2D eigenvalue weighted by Crippen LogP contribution is 2.15. The SMILES string of the molecule is CCS(=O)(=O)Nc1ccc(NCc2ccnn2C)cc1. The molecule has 20 heavy (non-hydrogen) atoms. The Morgan fingerprint density at radius 1 is 1.15 bits per heavy atom. The van der Waals surface area contributed by atoms with Crippen molar-refractivity contribution >= 4 is 21.4 Å². The lowest BCUT2D eigenvalue weighted by atomic mass is 10.3. The van der Waals surface area contributed by atoms with E-state index in [0.717, 1.165) is 11.4 Å². The Balaban J connectivity index is 1.97. The monoisotopic (exact) mass is 294 g/mol. The molecule has 2 aromatic rings. The van der Waals surface area contributed by atoms with Gasteiger partial charge in [-0.05, 0) is 37.3 Å². The highest BCUT2D eigenvalue weighted by Gasteiger charge is 2.06. The smallest absolute Gasteiger partial charge is 0.232 e. The number of benzene rings is 1. The summed E-state index contributed by atoms with van der Waals surface area (Å²) in [5, 5.41) is 7.35. The van der Waals surface area contributed by atoms with Crippen LogP contribution in [-0.4, -0.2) is 24.0 Å². The van der Waals surface area contributed by atoms with Crippen molar-refractivity contribution in [3.63, 3.8) is 0 Å². The van der Waals surface area contributed by atoms with E-state index in [1.165, 1.54) is 0 Å². The summed E-state index contributed by atoms with van der Waals surface area (Å²) in [6, 6.07) is 9.09. The van der Waals surface area contributed by atoms with Gasteiger partial charge in [0.05, 0.1) is 18.0 Å². The summed E-state index contributed by atoms with van der Waals surface area (Å²) < 4.78 is 27.2. The molecule has 0 fully saturated rings. The summed E-state index contributed by atoms with van der Waals surface area (Å²) in [5.41, 5.74) is 2.56. The van der Waals surface area contributed by atoms with Gasteiger partial charge in [-0.15, -0.1) is 0 Å². The van der Waals surface area contributed by atoms with E-state index in [4.69, 9.17) is 0 Å². The first-order chi connectivity index (χ1) is 9.50. The van der Waals surface area contributed by atoms with Crippen molar-refractivity contribution in [2.45, 2.75) is 13.5 Å². The van der Waals surface area contributed by atoms with Crippen molar-refractivity contribution in [2.24, 2.45) is 7.05 Å². The fourth-order valence-electron chi connectivity index (χ4n) is 1.68. The fraction of sp³-hybridized carbons (Fsp3) is 0.308. The molecule has 2 rings (SSSR count). The third-order valence-electron chi connectivity index (χ3n) is 2.93. The number of sulfonamides is 1. The summed E-state index contributed by atoms with van der Waals surface area (Å²) in [6.45, 7) is 2.27. The highest BCUT2D eigenvalue weighted by atomic mass is 32.2. The molecule has 0 aliphatic carbocycles. The molecule has 7 heteroatoms. The summed E-state index contributed by atoms with van der Waals surface area (Å²) in [4.78, 5) is 0. The first-order valence-electron chi connectivity index (χ1n) is 6.31. The molecule has 0 bridgehead atoms. The molecular weight excluding hydrogens is 276 g/mol. The Hall–Kier alpha value is -2.02. The molecule has 0 spiro atoms. The van der Waals surface area contributed by atoms with Crippen molar-refractivity contribution in [1.29, 1.82) is 0 Å². The first kappa shape index (κ1) is 14.4. The number of aryl methyl sites for hydroxylation is 1. The second-order valence-electron chi connectivity index (χ2n) is 4.38. The van der Waals surface area contributed by atoms with E-state index in [9.17, 15) is 8.42 Å². The molecule has 108 valence electrons. The molecule has 0 aliphatic rings. The van der Waals surface area contributed by atoms with Crippen LogP contribution in [0.1, 0.15) is 12.6 Å². The van der Waals surface area contributed by atoms with Crippen molar-refractivity contribution < 1.29 is 8.42 Å². The van der Waals surface area contributed by atoms with Gasteiger partial charge >= 0.3 is 0 Å². The highest BCUT2D eigenvalue weighted by molar-refractivity contribution is 7.92. The van der Waals surface area contributed by atoms with Crippen LogP contribution in [0.4, 0.5) is 11.4 Å².